The standard InChI is InChI=1S/C12H25NO/c1-3-14-10-12(13-2)11-8-6-4-5-7-9-11/h11-13H,3-10H2,1-2H3. The first-order valence-corrected chi connectivity index (χ1v) is 6.13. The van der Waals surface area contributed by atoms with E-state index in [1.54, 1.807) is 0 Å². The molecule has 0 amide bonds. The Hall–Kier alpha value is -0.0800. The highest BCUT2D eigenvalue weighted by molar-refractivity contribution is 4.77. The zero-order valence-electron chi connectivity index (χ0n) is 9.72. The second-order valence-electron chi connectivity index (χ2n) is 4.31. The van der Waals surface area contributed by atoms with Crippen LogP contribution in [0, 0.1) is 5.92 Å². The fourth-order valence-electron chi connectivity index (χ4n) is 2.41. The number of likely N-dealkylation sites (N-methyl/N-ethyl adjacent to an activating group) is 1. The molecular formula is C12H25NO. The molecule has 0 aromatic rings. The molecule has 0 aliphatic heterocycles. The summed E-state index contributed by atoms with van der Waals surface area (Å²) in [7, 11) is 2.06. The van der Waals surface area contributed by atoms with Gasteiger partial charge in [-0.2, -0.15) is 0 Å². The Labute approximate surface area is 88.4 Å². The first-order valence-electron chi connectivity index (χ1n) is 6.13. The number of hydrogen-bond donors (Lipinski definition) is 1. The number of nitrogens with one attached hydrogen (secondary N) is 1. The summed E-state index contributed by atoms with van der Waals surface area (Å²) in [4.78, 5) is 0. The van der Waals surface area contributed by atoms with Gasteiger partial charge in [0.25, 0.3) is 0 Å². The summed E-state index contributed by atoms with van der Waals surface area (Å²) >= 11 is 0. The normalized spacial score (nSPS) is 21.9. The molecule has 1 rings (SSSR count). The van der Waals surface area contributed by atoms with Crippen LogP contribution in [0.4, 0.5) is 0 Å². The third-order valence-electron chi connectivity index (χ3n) is 3.34. The first kappa shape index (κ1) is 12.0. The van der Waals surface area contributed by atoms with Gasteiger partial charge in [-0.15, -0.1) is 0 Å². The molecule has 2 heteroatoms. The smallest absolute Gasteiger partial charge is 0.0622 e. The Morgan fingerprint density at radius 3 is 2.36 bits per heavy atom. The van der Waals surface area contributed by atoms with Crippen LogP contribution in [0.25, 0.3) is 0 Å². The second kappa shape index (κ2) is 7.24. The van der Waals surface area contributed by atoms with E-state index >= 15 is 0 Å². The van der Waals surface area contributed by atoms with Crippen molar-refractivity contribution in [2.24, 2.45) is 5.92 Å². The van der Waals surface area contributed by atoms with E-state index < -0.39 is 0 Å². The zero-order valence-corrected chi connectivity index (χ0v) is 9.72. The SMILES string of the molecule is CCOCC(NC)C1CCCCCC1. The maximum atomic E-state index is 5.52. The molecule has 1 N–H and O–H groups in total. The summed E-state index contributed by atoms with van der Waals surface area (Å²) in [6, 6.07) is 0.577. The molecule has 2 nitrogen and oxygen atoms in total. The fraction of sp³-hybridized carbons (Fsp3) is 1.00. The van der Waals surface area contributed by atoms with E-state index in [2.05, 4.69) is 19.3 Å². The summed E-state index contributed by atoms with van der Waals surface area (Å²) in [5.74, 6) is 0.842. The maximum Gasteiger partial charge on any atom is 0.0622 e. The first-order chi connectivity index (χ1) is 6.88. The molecule has 1 fully saturated rings. The average Bonchev–Trinajstić information content (AvgIpc) is 2.48. The summed E-state index contributed by atoms with van der Waals surface area (Å²) in [6.07, 6.45) is 8.46. The van der Waals surface area contributed by atoms with Gasteiger partial charge in [0.05, 0.1) is 6.61 Å². The van der Waals surface area contributed by atoms with Gasteiger partial charge in [-0.1, -0.05) is 25.7 Å². The topological polar surface area (TPSA) is 21.3 Å². The quantitative estimate of drug-likeness (QED) is 0.687. The van der Waals surface area contributed by atoms with Crippen LogP contribution >= 0.6 is 0 Å². The zero-order chi connectivity index (χ0) is 10.2. The van der Waals surface area contributed by atoms with Crippen LogP contribution in [0.5, 0.6) is 0 Å². The van der Waals surface area contributed by atoms with E-state index in [0.717, 1.165) is 19.1 Å². The Morgan fingerprint density at radius 1 is 1.21 bits per heavy atom. The van der Waals surface area contributed by atoms with E-state index in [0.29, 0.717) is 6.04 Å². The van der Waals surface area contributed by atoms with E-state index in [1.165, 1.54) is 38.5 Å². The lowest BCUT2D eigenvalue weighted by Gasteiger charge is -2.25. The van der Waals surface area contributed by atoms with Crippen LogP contribution in [0.1, 0.15) is 45.4 Å². The van der Waals surface area contributed by atoms with Crippen LogP contribution in [0.2, 0.25) is 0 Å². The highest BCUT2D eigenvalue weighted by Gasteiger charge is 2.21. The molecule has 1 atom stereocenters. The summed E-state index contributed by atoms with van der Waals surface area (Å²) in [5.41, 5.74) is 0. The second-order valence-corrected chi connectivity index (χ2v) is 4.31. The van der Waals surface area contributed by atoms with Crippen molar-refractivity contribution in [3.8, 4) is 0 Å². The molecule has 84 valence electrons. The summed E-state index contributed by atoms with van der Waals surface area (Å²) < 4.78 is 5.52. The fourth-order valence-corrected chi connectivity index (χ4v) is 2.41. The number of rotatable bonds is 5. The lowest BCUT2D eigenvalue weighted by atomic mass is 9.92. The molecule has 1 aliphatic rings. The highest BCUT2D eigenvalue weighted by Crippen LogP contribution is 2.25. The Balaban J connectivity index is 2.32. The van der Waals surface area contributed by atoms with E-state index in [-0.39, 0.29) is 0 Å². The molecule has 0 aromatic heterocycles. The minimum atomic E-state index is 0.577. The maximum absolute atomic E-state index is 5.52. The molecule has 0 saturated heterocycles. The van der Waals surface area contributed by atoms with Crippen LogP contribution in [0.15, 0.2) is 0 Å². The van der Waals surface area contributed by atoms with Crippen molar-refractivity contribution in [1.82, 2.24) is 5.32 Å². The molecule has 1 aliphatic carbocycles. The highest BCUT2D eigenvalue weighted by atomic mass is 16.5. The molecule has 0 radical (unpaired) electrons. The van der Waals surface area contributed by atoms with Gasteiger partial charge in [-0.25, -0.2) is 0 Å². The van der Waals surface area contributed by atoms with Crippen molar-refractivity contribution in [2.75, 3.05) is 20.3 Å². The largest absolute Gasteiger partial charge is 0.380 e. The van der Waals surface area contributed by atoms with Crippen molar-refractivity contribution in [1.29, 1.82) is 0 Å². The third-order valence-corrected chi connectivity index (χ3v) is 3.34. The van der Waals surface area contributed by atoms with Crippen molar-refractivity contribution < 1.29 is 4.74 Å². The Bertz CT molecular complexity index is 130. The predicted octanol–water partition coefficient (Wildman–Crippen LogP) is 2.58. The van der Waals surface area contributed by atoms with Crippen molar-refractivity contribution >= 4 is 0 Å². The van der Waals surface area contributed by atoms with Gasteiger partial charge in [-0.05, 0) is 32.7 Å². The minimum absolute atomic E-state index is 0.577. The minimum Gasteiger partial charge on any atom is -0.380 e. The van der Waals surface area contributed by atoms with Gasteiger partial charge in [0, 0.05) is 12.6 Å². The van der Waals surface area contributed by atoms with Crippen molar-refractivity contribution in [2.45, 2.75) is 51.5 Å². The van der Waals surface area contributed by atoms with E-state index in [9.17, 15) is 0 Å². The van der Waals surface area contributed by atoms with E-state index in [1.807, 2.05) is 0 Å². The Morgan fingerprint density at radius 2 is 1.86 bits per heavy atom. The monoisotopic (exact) mass is 199 g/mol. The lowest BCUT2D eigenvalue weighted by Crippen LogP contribution is -2.37. The number of ether oxygens (including phenoxy) is 1. The molecule has 1 saturated carbocycles. The molecular weight excluding hydrogens is 174 g/mol. The van der Waals surface area contributed by atoms with Crippen LogP contribution in [-0.2, 0) is 4.74 Å². The van der Waals surface area contributed by atoms with Gasteiger partial charge in [0.1, 0.15) is 0 Å². The molecule has 1 unspecified atom stereocenters. The van der Waals surface area contributed by atoms with Gasteiger partial charge >= 0.3 is 0 Å². The van der Waals surface area contributed by atoms with Crippen molar-refractivity contribution in [3.05, 3.63) is 0 Å². The molecule has 0 bridgehead atoms. The van der Waals surface area contributed by atoms with Gasteiger partial charge < -0.3 is 10.1 Å². The molecule has 0 spiro atoms. The third kappa shape index (κ3) is 3.97. The molecule has 14 heavy (non-hydrogen) atoms. The molecule has 0 heterocycles. The summed E-state index contributed by atoms with van der Waals surface area (Å²) in [5, 5.41) is 3.41. The Kier molecular flexibility index (Phi) is 6.20. The van der Waals surface area contributed by atoms with Gasteiger partial charge in [0.15, 0.2) is 0 Å². The summed E-state index contributed by atoms with van der Waals surface area (Å²) in [6.45, 7) is 3.79. The van der Waals surface area contributed by atoms with Crippen LogP contribution < -0.4 is 5.32 Å². The molecule has 0 aromatic carbocycles. The lowest BCUT2D eigenvalue weighted by molar-refractivity contribution is 0.102. The predicted molar refractivity (Wildman–Crippen MR) is 60.5 cm³/mol. The van der Waals surface area contributed by atoms with Crippen molar-refractivity contribution in [3.63, 3.8) is 0 Å². The van der Waals surface area contributed by atoms with Gasteiger partial charge in [0.2, 0.25) is 0 Å². The van der Waals surface area contributed by atoms with Crippen LogP contribution in [-0.4, -0.2) is 26.3 Å². The number of hydrogen-bond acceptors (Lipinski definition) is 2. The van der Waals surface area contributed by atoms with Crippen LogP contribution in [0.3, 0.4) is 0 Å². The average molecular weight is 199 g/mol. The van der Waals surface area contributed by atoms with Gasteiger partial charge in [-0.3, -0.25) is 0 Å². The van der Waals surface area contributed by atoms with E-state index in [4.69, 9.17) is 4.74 Å².